The predicted octanol–water partition coefficient (Wildman–Crippen LogP) is 4.66. The number of aromatic hydroxyl groups is 2. The molecule has 0 fully saturated rings. The molecule has 3 aromatic carbocycles. The zero-order valence-corrected chi connectivity index (χ0v) is 13.2. The standard InChI is InChI=1S/C19H16N4O2/c24-16-10-6-9-15(13-16)21-23-19(17-11-4-5-12-18(17)25)22-20-14-7-2-1-3-8-14/h1-13,21,24-25H/b22-20?,23-19+. The van der Waals surface area contributed by atoms with Crippen LogP contribution in [0.1, 0.15) is 5.56 Å². The molecular weight excluding hydrogens is 316 g/mol. The van der Waals surface area contributed by atoms with Crippen LogP contribution in [-0.4, -0.2) is 16.0 Å². The van der Waals surface area contributed by atoms with Crippen molar-refractivity contribution < 1.29 is 10.2 Å². The van der Waals surface area contributed by atoms with E-state index in [2.05, 4.69) is 20.8 Å². The quantitative estimate of drug-likeness (QED) is 0.281. The molecule has 0 aliphatic rings. The summed E-state index contributed by atoms with van der Waals surface area (Å²) in [6, 6.07) is 22.5. The van der Waals surface area contributed by atoms with Crippen molar-refractivity contribution in [1.29, 1.82) is 0 Å². The molecule has 0 bridgehead atoms. The van der Waals surface area contributed by atoms with E-state index in [1.165, 1.54) is 6.07 Å². The van der Waals surface area contributed by atoms with E-state index in [1.807, 2.05) is 30.3 Å². The third kappa shape index (κ3) is 4.42. The van der Waals surface area contributed by atoms with E-state index in [1.54, 1.807) is 42.5 Å². The lowest BCUT2D eigenvalue weighted by atomic mass is 10.2. The monoisotopic (exact) mass is 332 g/mol. The number of azo groups is 1. The number of phenols is 2. The summed E-state index contributed by atoms with van der Waals surface area (Å²) in [4.78, 5) is 0. The largest absolute Gasteiger partial charge is 0.508 e. The number of rotatable bonds is 4. The van der Waals surface area contributed by atoms with Gasteiger partial charge < -0.3 is 10.2 Å². The van der Waals surface area contributed by atoms with Crippen molar-refractivity contribution in [2.75, 3.05) is 5.43 Å². The number of nitrogens with zero attached hydrogens (tertiary/aromatic N) is 3. The van der Waals surface area contributed by atoms with Crippen molar-refractivity contribution in [3.05, 3.63) is 84.4 Å². The molecule has 0 saturated carbocycles. The number of benzene rings is 3. The number of hydrogen-bond acceptors (Lipinski definition) is 5. The van der Waals surface area contributed by atoms with E-state index in [0.29, 0.717) is 16.9 Å². The Morgan fingerprint density at radius 1 is 0.800 bits per heavy atom. The van der Waals surface area contributed by atoms with Gasteiger partial charge in [0.05, 0.1) is 16.9 Å². The molecule has 3 rings (SSSR count). The van der Waals surface area contributed by atoms with Gasteiger partial charge in [-0.1, -0.05) is 36.4 Å². The maximum Gasteiger partial charge on any atom is 0.204 e. The highest BCUT2D eigenvalue weighted by Crippen LogP contribution is 2.20. The topological polar surface area (TPSA) is 89.6 Å². The molecule has 0 heterocycles. The van der Waals surface area contributed by atoms with E-state index in [0.717, 1.165) is 0 Å². The highest BCUT2D eigenvalue weighted by atomic mass is 16.3. The number of nitrogens with one attached hydrogen (secondary N) is 1. The van der Waals surface area contributed by atoms with Crippen molar-refractivity contribution in [2.45, 2.75) is 0 Å². The summed E-state index contributed by atoms with van der Waals surface area (Å²) in [6.07, 6.45) is 0. The highest BCUT2D eigenvalue weighted by Gasteiger charge is 2.08. The van der Waals surface area contributed by atoms with E-state index < -0.39 is 0 Å². The average molecular weight is 332 g/mol. The van der Waals surface area contributed by atoms with Gasteiger partial charge in [0.1, 0.15) is 11.5 Å². The van der Waals surface area contributed by atoms with E-state index >= 15 is 0 Å². The maximum atomic E-state index is 10.1. The summed E-state index contributed by atoms with van der Waals surface area (Å²) >= 11 is 0. The second kappa shape index (κ2) is 7.74. The molecule has 0 radical (unpaired) electrons. The maximum absolute atomic E-state index is 10.1. The van der Waals surface area contributed by atoms with Crippen molar-refractivity contribution in [1.82, 2.24) is 0 Å². The van der Waals surface area contributed by atoms with Crippen molar-refractivity contribution in [3.8, 4) is 11.5 Å². The number of hydrazone groups is 1. The molecule has 0 atom stereocenters. The van der Waals surface area contributed by atoms with Crippen LogP contribution in [0.3, 0.4) is 0 Å². The summed E-state index contributed by atoms with van der Waals surface area (Å²) in [5, 5.41) is 32.1. The van der Waals surface area contributed by atoms with Crippen LogP contribution in [0.15, 0.2) is 94.2 Å². The summed E-state index contributed by atoms with van der Waals surface area (Å²) < 4.78 is 0. The summed E-state index contributed by atoms with van der Waals surface area (Å²) in [5.74, 6) is 0.381. The lowest BCUT2D eigenvalue weighted by molar-refractivity contribution is 0.474. The summed E-state index contributed by atoms with van der Waals surface area (Å²) in [6.45, 7) is 0. The number of hydrogen-bond donors (Lipinski definition) is 3. The van der Waals surface area contributed by atoms with Crippen molar-refractivity contribution in [3.63, 3.8) is 0 Å². The molecule has 3 N–H and O–H groups in total. The highest BCUT2D eigenvalue weighted by molar-refractivity contribution is 6.01. The fourth-order valence-corrected chi connectivity index (χ4v) is 2.09. The number of para-hydroxylation sites is 1. The van der Waals surface area contributed by atoms with Crippen LogP contribution in [0, 0.1) is 0 Å². The minimum atomic E-state index is 0.0472. The lowest BCUT2D eigenvalue weighted by Crippen LogP contribution is -2.01. The van der Waals surface area contributed by atoms with Gasteiger partial charge in [0.2, 0.25) is 5.84 Å². The molecule has 0 spiro atoms. The molecule has 6 nitrogen and oxygen atoms in total. The van der Waals surface area contributed by atoms with Crippen molar-refractivity contribution in [2.24, 2.45) is 15.3 Å². The molecule has 3 aromatic rings. The van der Waals surface area contributed by atoms with E-state index in [-0.39, 0.29) is 17.3 Å². The van der Waals surface area contributed by atoms with Gasteiger partial charge in [0, 0.05) is 6.07 Å². The molecule has 0 aliphatic heterocycles. The third-order valence-corrected chi connectivity index (χ3v) is 3.30. The third-order valence-electron chi connectivity index (χ3n) is 3.30. The van der Waals surface area contributed by atoms with Gasteiger partial charge in [-0.25, -0.2) is 0 Å². The van der Waals surface area contributed by atoms with E-state index in [4.69, 9.17) is 0 Å². The van der Waals surface area contributed by atoms with Gasteiger partial charge in [0.25, 0.3) is 0 Å². The number of anilines is 1. The molecule has 0 unspecified atom stereocenters. The first kappa shape index (κ1) is 16.2. The molecule has 6 heteroatoms. The van der Waals surface area contributed by atoms with Crippen LogP contribution in [0.25, 0.3) is 0 Å². The molecule has 0 aromatic heterocycles. The van der Waals surface area contributed by atoms with Crippen LogP contribution < -0.4 is 5.43 Å². The predicted molar refractivity (Wildman–Crippen MR) is 97.3 cm³/mol. The van der Waals surface area contributed by atoms with Gasteiger partial charge in [-0.05, 0) is 36.4 Å². The van der Waals surface area contributed by atoms with Crippen LogP contribution in [-0.2, 0) is 0 Å². The molecule has 0 amide bonds. The lowest BCUT2D eigenvalue weighted by Gasteiger charge is -2.05. The Bertz CT molecular complexity index is 908. The Morgan fingerprint density at radius 3 is 2.32 bits per heavy atom. The van der Waals surface area contributed by atoms with Crippen LogP contribution in [0.5, 0.6) is 11.5 Å². The Labute approximate surface area is 144 Å². The second-order valence-electron chi connectivity index (χ2n) is 5.15. The second-order valence-corrected chi connectivity index (χ2v) is 5.15. The number of phenolic OH excluding ortho intramolecular Hbond substituents is 2. The first-order chi connectivity index (χ1) is 12.2. The Balaban J connectivity index is 1.93. The molecule has 25 heavy (non-hydrogen) atoms. The first-order valence-electron chi connectivity index (χ1n) is 7.60. The van der Waals surface area contributed by atoms with E-state index in [9.17, 15) is 10.2 Å². The minimum absolute atomic E-state index is 0.0472. The fourth-order valence-electron chi connectivity index (χ4n) is 2.09. The number of amidine groups is 1. The smallest absolute Gasteiger partial charge is 0.204 e. The molecule has 0 saturated heterocycles. The summed E-state index contributed by atoms with van der Waals surface area (Å²) in [7, 11) is 0. The van der Waals surface area contributed by atoms with Crippen LogP contribution in [0.4, 0.5) is 11.4 Å². The molecular formula is C19H16N4O2. The SMILES string of the molecule is Oc1cccc(N/N=C(/N=Nc2ccccc2)c2ccccc2O)c1. The molecule has 0 aliphatic carbocycles. The van der Waals surface area contributed by atoms with Gasteiger partial charge in [-0.3, -0.25) is 5.43 Å². The summed E-state index contributed by atoms with van der Waals surface area (Å²) in [5.41, 5.74) is 4.51. The molecule has 124 valence electrons. The van der Waals surface area contributed by atoms with Gasteiger partial charge in [-0.2, -0.15) is 5.10 Å². The average Bonchev–Trinajstić information content (AvgIpc) is 2.64. The first-order valence-corrected chi connectivity index (χ1v) is 7.60. The normalized spacial score (nSPS) is 11.6. The van der Waals surface area contributed by atoms with Gasteiger partial charge in [-0.15, -0.1) is 10.2 Å². The Kier molecular flexibility index (Phi) is 5.01. The fraction of sp³-hybridized carbons (Fsp3) is 0. The van der Waals surface area contributed by atoms with Gasteiger partial charge in [0.15, 0.2) is 0 Å². The minimum Gasteiger partial charge on any atom is -0.508 e. The van der Waals surface area contributed by atoms with Crippen molar-refractivity contribution >= 4 is 17.2 Å². The zero-order chi connectivity index (χ0) is 17.5. The van der Waals surface area contributed by atoms with Crippen LogP contribution in [0.2, 0.25) is 0 Å². The van der Waals surface area contributed by atoms with Gasteiger partial charge >= 0.3 is 0 Å². The zero-order valence-electron chi connectivity index (χ0n) is 13.2. The Hall–Kier alpha value is -3.67. The van der Waals surface area contributed by atoms with Crippen LogP contribution >= 0.6 is 0 Å². The Morgan fingerprint density at radius 2 is 1.56 bits per heavy atom.